The number of anilines is 1. The molecule has 2 N–H and O–H groups in total. The summed E-state index contributed by atoms with van der Waals surface area (Å²) < 4.78 is 13.5. The normalized spacial score (nSPS) is 12.1. The second kappa shape index (κ2) is 7.90. The Hall–Kier alpha value is -2.82. The monoisotopic (exact) mass is 426 g/mol. The van der Waals surface area contributed by atoms with Crippen molar-refractivity contribution in [2.24, 2.45) is 0 Å². The van der Waals surface area contributed by atoms with E-state index in [9.17, 15) is 9.50 Å². The number of benzene rings is 3. The van der Waals surface area contributed by atoms with Gasteiger partial charge in [0.25, 0.3) is 0 Å². The minimum Gasteiger partial charge on any atom is -0.505 e. The maximum atomic E-state index is 13.5. The van der Waals surface area contributed by atoms with Gasteiger partial charge in [-0.15, -0.1) is 0 Å². The van der Waals surface area contributed by atoms with E-state index in [1.165, 1.54) is 12.1 Å². The summed E-state index contributed by atoms with van der Waals surface area (Å²) in [6, 6.07) is 18.4. The molecule has 0 aliphatic rings. The lowest BCUT2D eigenvalue weighted by Gasteiger charge is -2.23. The quantitative estimate of drug-likeness (QED) is 0.373. The molecule has 0 saturated carbocycles. The number of phenolic OH excluding ortho intramolecular Hbond substituents is 1. The van der Waals surface area contributed by atoms with Crippen molar-refractivity contribution >= 4 is 39.8 Å². The van der Waals surface area contributed by atoms with Crippen LogP contribution in [0.2, 0.25) is 10.0 Å². The van der Waals surface area contributed by atoms with E-state index in [0.717, 1.165) is 16.6 Å². The van der Waals surface area contributed by atoms with Gasteiger partial charge in [-0.3, -0.25) is 0 Å². The van der Waals surface area contributed by atoms with Gasteiger partial charge in [0.2, 0.25) is 0 Å². The summed E-state index contributed by atoms with van der Waals surface area (Å²) >= 11 is 12.2. The summed E-state index contributed by atoms with van der Waals surface area (Å²) in [6.07, 6.45) is 0. The second-order valence-corrected chi connectivity index (χ2v) is 7.60. The van der Waals surface area contributed by atoms with Crippen LogP contribution in [-0.2, 0) is 0 Å². The Balaban J connectivity index is 1.85. The van der Waals surface area contributed by atoms with Gasteiger partial charge in [-0.25, -0.2) is 9.37 Å². The van der Waals surface area contributed by atoms with Gasteiger partial charge in [0, 0.05) is 22.3 Å². The average Bonchev–Trinajstić information content (AvgIpc) is 2.71. The summed E-state index contributed by atoms with van der Waals surface area (Å²) in [5.41, 5.74) is 3.43. The molecule has 4 aromatic rings. The standard InChI is InChI=1S/C23H17Cl2FN2O/c1-13-2-3-15-6-10-18(23(29)22(15)27-13)21(14-4-7-16(26)8-5-14)28-17-9-11-19(24)20(25)12-17/h2-12,21,28-29H,1H3. The number of phenols is 1. The SMILES string of the molecule is Cc1ccc2ccc(C(Nc3ccc(Cl)c(Cl)c3)c3ccc(F)cc3)c(O)c2n1. The highest BCUT2D eigenvalue weighted by Gasteiger charge is 2.20. The number of aromatic nitrogens is 1. The number of nitrogens with one attached hydrogen (secondary N) is 1. The van der Waals surface area contributed by atoms with Crippen LogP contribution in [-0.4, -0.2) is 10.1 Å². The van der Waals surface area contributed by atoms with Crippen LogP contribution in [0.15, 0.2) is 66.7 Å². The summed E-state index contributed by atoms with van der Waals surface area (Å²) in [5.74, 6) is -0.254. The Kier molecular flexibility index (Phi) is 5.31. The largest absolute Gasteiger partial charge is 0.505 e. The molecular formula is C23H17Cl2FN2O. The van der Waals surface area contributed by atoms with Gasteiger partial charge in [0.1, 0.15) is 17.1 Å². The Bertz CT molecular complexity index is 1200. The van der Waals surface area contributed by atoms with Gasteiger partial charge >= 0.3 is 0 Å². The number of nitrogens with zero attached hydrogens (tertiary/aromatic N) is 1. The Morgan fingerprint density at radius 3 is 2.38 bits per heavy atom. The molecule has 3 nitrogen and oxygen atoms in total. The molecule has 6 heteroatoms. The molecule has 1 unspecified atom stereocenters. The third kappa shape index (κ3) is 4.00. The number of halogens is 3. The van der Waals surface area contributed by atoms with Gasteiger partial charge in [0.05, 0.1) is 16.1 Å². The molecule has 0 fully saturated rings. The fraction of sp³-hybridized carbons (Fsp3) is 0.0870. The summed E-state index contributed by atoms with van der Waals surface area (Å²) in [5, 5.41) is 16.1. The van der Waals surface area contributed by atoms with Crippen molar-refractivity contribution < 1.29 is 9.50 Å². The van der Waals surface area contributed by atoms with E-state index in [0.29, 0.717) is 26.8 Å². The molecule has 29 heavy (non-hydrogen) atoms. The zero-order valence-corrected chi connectivity index (χ0v) is 17.0. The number of hydrogen-bond donors (Lipinski definition) is 2. The van der Waals surface area contributed by atoms with Crippen LogP contribution in [0.4, 0.5) is 10.1 Å². The second-order valence-electron chi connectivity index (χ2n) is 6.79. The molecule has 0 amide bonds. The molecule has 0 aliphatic carbocycles. The van der Waals surface area contributed by atoms with Crippen LogP contribution in [0.5, 0.6) is 5.75 Å². The van der Waals surface area contributed by atoms with Crippen LogP contribution in [0.25, 0.3) is 10.9 Å². The van der Waals surface area contributed by atoms with Gasteiger partial charge in [-0.05, 0) is 48.9 Å². The number of rotatable bonds is 4. The molecule has 1 atom stereocenters. The van der Waals surface area contributed by atoms with E-state index >= 15 is 0 Å². The fourth-order valence-electron chi connectivity index (χ4n) is 3.27. The van der Waals surface area contributed by atoms with Crippen molar-refractivity contribution in [1.82, 2.24) is 4.98 Å². The Morgan fingerprint density at radius 2 is 1.66 bits per heavy atom. The first-order chi connectivity index (χ1) is 13.9. The first-order valence-electron chi connectivity index (χ1n) is 8.98. The lowest BCUT2D eigenvalue weighted by molar-refractivity contribution is 0.471. The Morgan fingerprint density at radius 1 is 0.931 bits per heavy atom. The van der Waals surface area contributed by atoms with Crippen molar-refractivity contribution in [2.45, 2.75) is 13.0 Å². The maximum absolute atomic E-state index is 13.5. The number of aromatic hydroxyl groups is 1. The molecule has 0 radical (unpaired) electrons. The van der Waals surface area contributed by atoms with Crippen LogP contribution in [0.3, 0.4) is 0 Å². The molecule has 1 heterocycles. The van der Waals surface area contributed by atoms with Gasteiger partial charge < -0.3 is 10.4 Å². The fourth-order valence-corrected chi connectivity index (χ4v) is 3.57. The number of hydrogen-bond acceptors (Lipinski definition) is 3. The van der Waals surface area contributed by atoms with Crippen molar-refractivity contribution in [2.75, 3.05) is 5.32 Å². The van der Waals surface area contributed by atoms with Gasteiger partial charge in [0.15, 0.2) is 0 Å². The van der Waals surface area contributed by atoms with Crippen LogP contribution in [0.1, 0.15) is 22.9 Å². The minimum atomic E-state index is -0.459. The van der Waals surface area contributed by atoms with Gasteiger partial charge in [-0.1, -0.05) is 53.5 Å². The molecule has 4 rings (SSSR count). The lowest BCUT2D eigenvalue weighted by Crippen LogP contribution is -2.13. The van der Waals surface area contributed by atoms with Crippen LogP contribution in [0, 0.1) is 12.7 Å². The number of aryl methyl sites for hydroxylation is 1. The highest BCUT2D eigenvalue weighted by atomic mass is 35.5. The zero-order chi connectivity index (χ0) is 20.5. The molecule has 3 aromatic carbocycles. The average molecular weight is 427 g/mol. The third-order valence-corrected chi connectivity index (χ3v) is 5.49. The molecule has 0 spiro atoms. The smallest absolute Gasteiger partial charge is 0.147 e. The molecular weight excluding hydrogens is 410 g/mol. The van der Waals surface area contributed by atoms with Gasteiger partial charge in [-0.2, -0.15) is 0 Å². The van der Waals surface area contributed by atoms with E-state index < -0.39 is 6.04 Å². The Labute approximate surface area is 177 Å². The van der Waals surface area contributed by atoms with Crippen LogP contribution < -0.4 is 5.32 Å². The summed E-state index contributed by atoms with van der Waals surface area (Å²) in [7, 11) is 0. The van der Waals surface area contributed by atoms with E-state index in [1.807, 2.05) is 31.2 Å². The molecule has 0 bridgehead atoms. The predicted molar refractivity (Wildman–Crippen MR) is 116 cm³/mol. The van der Waals surface area contributed by atoms with Crippen LogP contribution >= 0.6 is 23.2 Å². The highest BCUT2D eigenvalue weighted by Crippen LogP contribution is 2.37. The number of pyridine rings is 1. The third-order valence-electron chi connectivity index (χ3n) is 4.75. The zero-order valence-electron chi connectivity index (χ0n) is 15.5. The topological polar surface area (TPSA) is 45.1 Å². The van der Waals surface area contributed by atoms with E-state index in [2.05, 4.69) is 10.3 Å². The van der Waals surface area contributed by atoms with Crippen molar-refractivity contribution in [1.29, 1.82) is 0 Å². The van der Waals surface area contributed by atoms with Crippen molar-refractivity contribution in [3.63, 3.8) is 0 Å². The van der Waals surface area contributed by atoms with E-state index in [4.69, 9.17) is 23.2 Å². The van der Waals surface area contributed by atoms with E-state index in [1.54, 1.807) is 30.3 Å². The molecule has 0 saturated heterocycles. The first kappa shape index (κ1) is 19.5. The van der Waals surface area contributed by atoms with Crippen molar-refractivity contribution in [3.05, 3.63) is 99.4 Å². The summed E-state index contributed by atoms with van der Waals surface area (Å²) in [6.45, 7) is 1.87. The first-order valence-corrected chi connectivity index (χ1v) is 9.74. The lowest BCUT2D eigenvalue weighted by atomic mass is 9.95. The molecule has 146 valence electrons. The predicted octanol–water partition coefficient (Wildman–Crippen LogP) is 6.90. The highest BCUT2D eigenvalue weighted by molar-refractivity contribution is 6.42. The number of fused-ring (bicyclic) bond motifs is 1. The minimum absolute atomic E-state index is 0.0769. The molecule has 0 aliphatic heterocycles. The van der Waals surface area contributed by atoms with Crippen molar-refractivity contribution in [3.8, 4) is 5.75 Å². The van der Waals surface area contributed by atoms with E-state index in [-0.39, 0.29) is 11.6 Å². The summed E-state index contributed by atoms with van der Waals surface area (Å²) in [4.78, 5) is 4.48. The maximum Gasteiger partial charge on any atom is 0.147 e. The molecule has 1 aromatic heterocycles.